The fourth-order valence-corrected chi connectivity index (χ4v) is 1.82. The average molecular weight is 223 g/mol. The quantitative estimate of drug-likeness (QED) is 0.850. The summed E-state index contributed by atoms with van der Waals surface area (Å²) in [6, 6.07) is 0. The van der Waals surface area contributed by atoms with Crippen LogP contribution in [0.25, 0.3) is 0 Å². The van der Waals surface area contributed by atoms with Gasteiger partial charge in [-0.1, -0.05) is 13.8 Å². The minimum Gasteiger partial charge on any atom is -0.339 e. The summed E-state index contributed by atoms with van der Waals surface area (Å²) in [5.41, 5.74) is 2.36. The number of aromatic amines is 1. The minimum absolute atomic E-state index is 0.0833. The Balaban J connectivity index is 2.91. The lowest BCUT2D eigenvalue weighted by Gasteiger charge is -2.23. The minimum atomic E-state index is 0.0833. The molecule has 1 N–H and O–H groups in total. The summed E-state index contributed by atoms with van der Waals surface area (Å²) in [6.45, 7) is 11.5. The van der Waals surface area contributed by atoms with Gasteiger partial charge in [-0.05, 0) is 26.7 Å². The van der Waals surface area contributed by atoms with Crippen LogP contribution in [-0.4, -0.2) is 34.1 Å². The maximum atomic E-state index is 12.3. The first-order chi connectivity index (χ1) is 7.47. The van der Waals surface area contributed by atoms with Crippen molar-refractivity contribution in [2.75, 3.05) is 13.1 Å². The number of carbonyl (C=O) groups is 1. The summed E-state index contributed by atoms with van der Waals surface area (Å²) >= 11 is 0. The van der Waals surface area contributed by atoms with Crippen LogP contribution >= 0.6 is 0 Å². The Morgan fingerprint density at radius 1 is 1.44 bits per heavy atom. The molecule has 0 saturated carbocycles. The van der Waals surface area contributed by atoms with Crippen LogP contribution in [0.3, 0.4) is 0 Å². The Bertz CT molecular complexity index is 349. The summed E-state index contributed by atoms with van der Waals surface area (Å²) < 4.78 is 0. The third kappa shape index (κ3) is 2.62. The summed E-state index contributed by atoms with van der Waals surface area (Å²) in [5, 5.41) is 6.91. The van der Waals surface area contributed by atoms with Crippen molar-refractivity contribution in [2.24, 2.45) is 5.92 Å². The third-order valence-corrected chi connectivity index (χ3v) is 2.60. The highest BCUT2D eigenvalue weighted by Crippen LogP contribution is 2.13. The molecule has 1 aromatic heterocycles. The number of carbonyl (C=O) groups excluding carboxylic acids is 1. The molecule has 0 spiro atoms. The first-order valence-corrected chi connectivity index (χ1v) is 5.78. The lowest BCUT2D eigenvalue weighted by molar-refractivity contribution is 0.0744. The van der Waals surface area contributed by atoms with Gasteiger partial charge in [-0.3, -0.25) is 9.89 Å². The first-order valence-electron chi connectivity index (χ1n) is 5.78. The number of amides is 1. The zero-order chi connectivity index (χ0) is 12.3. The van der Waals surface area contributed by atoms with Gasteiger partial charge in [-0.2, -0.15) is 5.10 Å². The number of nitrogens with zero attached hydrogens (tertiary/aromatic N) is 2. The summed E-state index contributed by atoms with van der Waals surface area (Å²) in [6.07, 6.45) is 0. The van der Waals surface area contributed by atoms with Crippen LogP contribution in [-0.2, 0) is 0 Å². The molecule has 0 radical (unpaired) electrons. The molecule has 1 heterocycles. The van der Waals surface area contributed by atoms with Crippen LogP contribution in [0.1, 0.15) is 42.5 Å². The predicted octanol–water partition coefficient (Wildman–Crippen LogP) is 2.14. The number of rotatable bonds is 4. The van der Waals surface area contributed by atoms with E-state index in [4.69, 9.17) is 0 Å². The summed E-state index contributed by atoms with van der Waals surface area (Å²) in [5.74, 6) is 0.566. The average Bonchev–Trinajstić information content (AvgIpc) is 2.54. The molecule has 0 aliphatic rings. The number of hydrogen-bond donors (Lipinski definition) is 1. The predicted molar refractivity (Wildman–Crippen MR) is 64.5 cm³/mol. The Hall–Kier alpha value is -1.32. The first kappa shape index (κ1) is 12.7. The molecular weight excluding hydrogens is 202 g/mol. The van der Waals surface area contributed by atoms with Gasteiger partial charge in [0.05, 0.1) is 11.3 Å². The number of hydrogen-bond acceptors (Lipinski definition) is 2. The zero-order valence-corrected chi connectivity index (χ0v) is 10.8. The van der Waals surface area contributed by atoms with Crippen molar-refractivity contribution in [2.45, 2.75) is 34.6 Å². The molecule has 4 heteroatoms. The van der Waals surface area contributed by atoms with Gasteiger partial charge in [-0.15, -0.1) is 0 Å². The van der Waals surface area contributed by atoms with Crippen molar-refractivity contribution in [1.82, 2.24) is 15.1 Å². The SMILES string of the molecule is CCN(CC(C)C)C(=O)c1c(C)n[nH]c1C. The Kier molecular flexibility index (Phi) is 4.10. The molecule has 0 aromatic carbocycles. The van der Waals surface area contributed by atoms with Crippen LogP contribution < -0.4 is 0 Å². The highest BCUT2D eigenvalue weighted by molar-refractivity contribution is 5.96. The van der Waals surface area contributed by atoms with Gasteiger partial charge in [0.25, 0.3) is 5.91 Å². The molecule has 0 unspecified atom stereocenters. The lowest BCUT2D eigenvalue weighted by atomic mass is 10.1. The fourth-order valence-electron chi connectivity index (χ4n) is 1.82. The number of nitrogens with one attached hydrogen (secondary N) is 1. The van der Waals surface area contributed by atoms with E-state index in [0.717, 1.165) is 30.0 Å². The maximum absolute atomic E-state index is 12.3. The number of H-pyrrole nitrogens is 1. The van der Waals surface area contributed by atoms with Gasteiger partial charge in [0.15, 0.2) is 0 Å². The molecule has 0 saturated heterocycles. The van der Waals surface area contributed by atoms with Gasteiger partial charge >= 0.3 is 0 Å². The number of aryl methyl sites for hydroxylation is 2. The lowest BCUT2D eigenvalue weighted by Crippen LogP contribution is -2.34. The van der Waals surface area contributed by atoms with E-state index in [9.17, 15) is 4.79 Å². The van der Waals surface area contributed by atoms with E-state index >= 15 is 0 Å². The van der Waals surface area contributed by atoms with Crippen molar-refractivity contribution < 1.29 is 4.79 Å². The van der Waals surface area contributed by atoms with Crippen molar-refractivity contribution in [3.63, 3.8) is 0 Å². The van der Waals surface area contributed by atoms with E-state index in [2.05, 4.69) is 24.0 Å². The zero-order valence-electron chi connectivity index (χ0n) is 10.8. The second kappa shape index (κ2) is 5.14. The second-order valence-corrected chi connectivity index (χ2v) is 4.55. The molecule has 1 aromatic rings. The van der Waals surface area contributed by atoms with Gasteiger partial charge in [0.2, 0.25) is 0 Å². The molecule has 16 heavy (non-hydrogen) atoms. The molecule has 0 aliphatic heterocycles. The topological polar surface area (TPSA) is 49.0 Å². The molecule has 1 amide bonds. The third-order valence-electron chi connectivity index (χ3n) is 2.60. The molecule has 1 rings (SSSR count). The standard InChI is InChI=1S/C12H21N3O/c1-6-15(7-8(2)3)12(16)11-9(4)13-14-10(11)5/h8H,6-7H2,1-5H3,(H,13,14). The Morgan fingerprint density at radius 3 is 2.44 bits per heavy atom. The highest BCUT2D eigenvalue weighted by Gasteiger charge is 2.20. The van der Waals surface area contributed by atoms with Gasteiger partial charge in [0, 0.05) is 18.8 Å². The molecule has 0 bridgehead atoms. The van der Waals surface area contributed by atoms with Crippen molar-refractivity contribution in [3.8, 4) is 0 Å². The smallest absolute Gasteiger partial charge is 0.257 e. The largest absolute Gasteiger partial charge is 0.339 e. The Labute approximate surface area is 97.0 Å². The highest BCUT2D eigenvalue weighted by atomic mass is 16.2. The monoisotopic (exact) mass is 223 g/mol. The fraction of sp³-hybridized carbons (Fsp3) is 0.667. The summed E-state index contributed by atoms with van der Waals surface area (Å²) in [4.78, 5) is 14.2. The normalized spacial score (nSPS) is 10.9. The van der Waals surface area contributed by atoms with Crippen LogP contribution in [0.4, 0.5) is 0 Å². The number of aromatic nitrogens is 2. The van der Waals surface area contributed by atoms with E-state index in [0.29, 0.717) is 5.92 Å². The molecule has 0 aliphatic carbocycles. The van der Waals surface area contributed by atoms with E-state index in [1.807, 2.05) is 25.7 Å². The molecule has 90 valence electrons. The van der Waals surface area contributed by atoms with E-state index in [1.54, 1.807) is 0 Å². The molecular formula is C12H21N3O. The maximum Gasteiger partial charge on any atom is 0.257 e. The molecule has 0 fully saturated rings. The van der Waals surface area contributed by atoms with Crippen molar-refractivity contribution in [1.29, 1.82) is 0 Å². The summed E-state index contributed by atoms with van der Waals surface area (Å²) in [7, 11) is 0. The van der Waals surface area contributed by atoms with Gasteiger partial charge in [0.1, 0.15) is 0 Å². The second-order valence-electron chi connectivity index (χ2n) is 4.55. The van der Waals surface area contributed by atoms with Crippen LogP contribution in [0.2, 0.25) is 0 Å². The van der Waals surface area contributed by atoms with Crippen LogP contribution in [0.5, 0.6) is 0 Å². The Morgan fingerprint density at radius 2 is 2.06 bits per heavy atom. The van der Waals surface area contributed by atoms with E-state index in [-0.39, 0.29) is 5.91 Å². The molecule has 4 nitrogen and oxygen atoms in total. The van der Waals surface area contributed by atoms with Gasteiger partial charge < -0.3 is 4.90 Å². The van der Waals surface area contributed by atoms with Crippen LogP contribution in [0.15, 0.2) is 0 Å². The molecule has 0 atom stereocenters. The van der Waals surface area contributed by atoms with Crippen molar-refractivity contribution in [3.05, 3.63) is 17.0 Å². The van der Waals surface area contributed by atoms with E-state index in [1.165, 1.54) is 0 Å². The van der Waals surface area contributed by atoms with E-state index < -0.39 is 0 Å². The van der Waals surface area contributed by atoms with Crippen molar-refractivity contribution >= 4 is 5.91 Å². The van der Waals surface area contributed by atoms with Gasteiger partial charge in [-0.25, -0.2) is 0 Å². The van der Waals surface area contributed by atoms with Crippen LogP contribution in [0, 0.1) is 19.8 Å².